The molecule has 1 aliphatic rings. The first-order valence-electron chi connectivity index (χ1n) is 8.01. The third kappa shape index (κ3) is 2.92. The Bertz CT molecular complexity index is 882. The van der Waals surface area contributed by atoms with Gasteiger partial charge in [0.25, 0.3) is 0 Å². The van der Waals surface area contributed by atoms with Crippen LogP contribution in [0.1, 0.15) is 24.3 Å². The van der Waals surface area contributed by atoms with Crippen LogP contribution >= 0.6 is 23.1 Å². The molecule has 1 saturated carbocycles. The van der Waals surface area contributed by atoms with Crippen LogP contribution in [0.2, 0.25) is 0 Å². The zero-order chi connectivity index (χ0) is 16.7. The zero-order valence-corrected chi connectivity index (χ0v) is 15.4. The van der Waals surface area contributed by atoms with Gasteiger partial charge in [-0.1, -0.05) is 0 Å². The van der Waals surface area contributed by atoms with Gasteiger partial charge in [-0.05, 0) is 30.4 Å². The number of nitrogens with zero attached hydrogens (tertiary/aromatic N) is 3. The van der Waals surface area contributed by atoms with E-state index in [1.165, 1.54) is 18.4 Å². The Hall–Kier alpha value is -1.57. The molecule has 0 radical (unpaired) electrons. The number of hydrogen-bond donors (Lipinski definition) is 1. The minimum atomic E-state index is 0.625. The van der Waals surface area contributed by atoms with E-state index in [1.807, 2.05) is 24.1 Å². The topological polar surface area (TPSA) is 66.0 Å². The van der Waals surface area contributed by atoms with Crippen molar-refractivity contribution in [2.24, 2.45) is 7.05 Å². The molecule has 1 aliphatic carbocycles. The van der Waals surface area contributed by atoms with E-state index in [0.717, 1.165) is 43.7 Å². The summed E-state index contributed by atoms with van der Waals surface area (Å²) < 4.78 is 8.11. The second-order valence-electron chi connectivity index (χ2n) is 6.10. The van der Waals surface area contributed by atoms with Crippen LogP contribution in [-0.2, 0) is 11.8 Å². The highest BCUT2D eigenvalue weighted by atomic mass is 32.2. The second-order valence-corrected chi connectivity index (χ2v) is 8.46. The van der Waals surface area contributed by atoms with Gasteiger partial charge >= 0.3 is 0 Å². The van der Waals surface area contributed by atoms with Crippen molar-refractivity contribution in [1.29, 1.82) is 0 Å². The Labute approximate surface area is 149 Å². The van der Waals surface area contributed by atoms with Crippen LogP contribution < -0.4 is 5.73 Å². The zero-order valence-electron chi connectivity index (χ0n) is 13.8. The third-order valence-corrected chi connectivity index (χ3v) is 6.58. The molecule has 2 N–H and O–H groups in total. The molecule has 0 unspecified atom stereocenters. The SMILES string of the molecule is COCCSc1sc2nc(-c3cnn(C)c3)cc(C3CC3)c2c1N. The summed E-state index contributed by atoms with van der Waals surface area (Å²) in [5.41, 5.74) is 10.8. The van der Waals surface area contributed by atoms with E-state index in [4.69, 9.17) is 15.5 Å². The Morgan fingerprint density at radius 3 is 2.96 bits per heavy atom. The average molecular weight is 361 g/mol. The normalized spacial score (nSPS) is 14.6. The fraction of sp³-hybridized carbons (Fsp3) is 0.412. The lowest BCUT2D eigenvalue weighted by atomic mass is 10.0. The smallest absolute Gasteiger partial charge is 0.127 e. The summed E-state index contributed by atoms with van der Waals surface area (Å²) in [5.74, 6) is 1.53. The summed E-state index contributed by atoms with van der Waals surface area (Å²) >= 11 is 3.45. The van der Waals surface area contributed by atoms with Crippen LogP contribution in [0.3, 0.4) is 0 Å². The van der Waals surface area contributed by atoms with E-state index < -0.39 is 0 Å². The first kappa shape index (κ1) is 15.9. The molecule has 7 heteroatoms. The van der Waals surface area contributed by atoms with Gasteiger partial charge in [0.2, 0.25) is 0 Å². The first-order valence-corrected chi connectivity index (χ1v) is 9.81. The van der Waals surface area contributed by atoms with Gasteiger partial charge in [-0.2, -0.15) is 5.10 Å². The number of thioether (sulfide) groups is 1. The molecule has 0 spiro atoms. The molecule has 1 fully saturated rings. The van der Waals surface area contributed by atoms with Crippen LogP contribution in [0.5, 0.6) is 0 Å². The van der Waals surface area contributed by atoms with Crippen molar-refractivity contribution >= 4 is 39.0 Å². The lowest BCUT2D eigenvalue weighted by molar-refractivity contribution is 0.218. The van der Waals surface area contributed by atoms with Gasteiger partial charge in [0.1, 0.15) is 4.83 Å². The van der Waals surface area contributed by atoms with E-state index in [2.05, 4.69) is 11.2 Å². The largest absolute Gasteiger partial charge is 0.397 e. The van der Waals surface area contributed by atoms with Crippen molar-refractivity contribution in [3.63, 3.8) is 0 Å². The molecule has 0 bridgehead atoms. The van der Waals surface area contributed by atoms with E-state index in [0.29, 0.717) is 5.92 Å². The number of pyridine rings is 1. The first-order chi connectivity index (χ1) is 11.7. The number of rotatable bonds is 6. The number of methoxy groups -OCH3 is 1. The Balaban J connectivity index is 1.81. The minimum Gasteiger partial charge on any atom is -0.397 e. The van der Waals surface area contributed by atoms with Crippen LogP contribution in [0, 0.1) is 0 Å². The van der Waals surface area contributed by atoms with Crippen LogP contribution in [0.25, 0.3) is 21.5 Å². The standard InChI is InChI=1S/C17H20N4OS2/c1-21-9-11(8-19-21)13-7-12(10-3-4-10)14-15(18)17(23-6-5-22-2)24-16(14)20-13/h7-10H,3-6,18H2,1-2H3. The highest BCUT2D eigenvalue weighted by molar-refractivity contribution is 8.01. The molecule has 0 amide bonds. The third-order valence-electron chi connectivity index (χ3n) is 4.23. The molecule has 126 valence electrons. The average Bonchev–Trinajstić information content (AvgIpc) is 3.26. The van der Waals surface area contributed by atoms with Crippen molar-refractivity contribution in [3.05, 3.63) is 24.0 Å². The summed E-state index contributed by atoms with van der Waals surface area (Å²) in [6.07, 6.45) is 6.37. The van der Waals surface area contributed by atoms with Crippen molar-refractivity contribution in [2.75, 3.05) is 25.2 Å². The fourth-order valence-corrected chi connectivity index (χ4v) is 5.15. The summed E-state index contributed by atoms with van der Waals surface area (Å²) in [6.45, 7) is 0.724. The maximum absolute atomic E-state index is 6.47. The Morgan fingerprint density at radius 2 is 2.29 bits per heavy atom. The van der Waals surface area contributed by atoms with Gasteiger partial charge in [-0.25, -0.2) is 4.98 Å². The molecule has 3 aromatic heterocycles. The lowest BCUT2D eigenvalue weighted by Gasteiger charge is -2.06. The Morgan fingerprint density at radius 1 is 1.46 bits per heavy atom. The number of aryl methyl sites for hydroxylation is 1. The monoisotopic (exact) mass is 360 g/mol. The van der Waals surface area contributed by atoms with Crippen LogP contribution in [0.15, 0.2) is 22.7 Å². The predicted molar refractivity (Wildman–Crippen MR) is 101 cm³/mol. The van der Waals surface area contributed by atoms with Gasteiger partial charge in [-0.15, -0.1) is 23.1 Å². The van der Waals surface area contributed by atoms with Crippen molar-refractivity contribution in [1.82, 2.24) is 14.8 Å². The molecule has 3 heterocycles. The van der Waals surface area contributed by atoms with Crippen molar-refractivity contribution < 1.29 is 4.74 Å². The molecular weight excluding hydrogens is 340 g/mol. The van der Waals surface area contributed by atoms with Crippen molar-refractivity contribution in [2.45, 2.75) is 23.0 Å². The number of nitrogen functional groups attached to an aromatic ring is 1. The highest BCUT2D eigenvalue weighted by Gasteiger charge is 2.29. The molecule has 24 heavy (non-hydrogen) atoms. The number of fused-ring (bicyclic) bond motifs is 1. The highest BCUT2D eigenvalue weighted by Crippen LogP contribution is 2.49. The van der Waals surface area contributed by atoms with E-state index in [1.54, 1.807) is 30.2 Å². The molecule has 4 rings (SSSR count). The van der Waals surface area contributed by atoms with Crippen molar-refractivity contribution in [3.8, 4) is 11.3 Å². The number of ether oxygens (including phenoxy) is 1. The van der Waals surface area contributed by atoms with E-state index in [-0.39, 0.29) is 0 Å². The summed E-state index contributed by atoms with van der Waals surface area (Å²) in [7, 11) is 3.65. The predicted octanol–water partition coefficient (Wildman–Crippen LogP) is 3.89. The second kappa shape index (κ2) is 6.38. The lowest BCUT2D eigenvalue weighted by Crippen LogP contribution is -1.93. The minimum absolute atomic E-state index is 0.625. The molecule has 5 nitrogen and oxygen atoms in total. The number of thiophene rings is 1. The molecular formula is C17H20N4OS2. The number of aromatic nitrogens is 3. The van der Waals surface area contributed by atoms with Gasteiger partial charge < -0.3 is 10.5 Å². The molecule has 0 atom stereocenters. The van der Waals surface area contributed by atoms with E-state index in [9.17, 15) is 0 Å². The molecule has 0 aliphatic heterocycles. The summed E-state index contributed by atoms with van der Waals surface area (Å²) in [4.78, 5) is 5.92. The summed E-state index contributed by atoms with van der Waals surface area (Å²) in [6, 6.07) is 2.21. The maximum Gasteiger partial charge on any atom is 0.127 e. The number of nitrogens with two attached hydrogens (primary N) is 1. The Kier molecular flexibility index (Phi) is 4.24. The van der Waals surface area contributed by atoms with Gasteiger partial charge in [0, 0.05) is 37.1 Å². The van der Waals surface area contributed by atoms with E-state index >= 15 is 0 Å². The van der Waals surface area contributed by atoms with Crippen LogP contribution in [0.4, 0.5) is 5.69 Å². The molecule has 3 aromatic rings. The van der Waals surface area contributed by atoms with Crippen LogP contribution in [-0.4, -0.2) is 34.2 Å². The van der Waals surface area contributed by atoms with Gasteiger partial charge in [0.05, 0.1) is 28.4 Å². The molecule has 0 saturated heterocycles. The quantitative estimate of drug-likeness (QED) is 0.533. The molecule has 0 aromatic carbocycles. The van der Waals surface area contributed by atoms with Gasteiger partial charge in [0.15, 0.2) is 0 Å². The fourth-order valence-electron chi connectivity index (χ4n) is 2.87. The summed E-state index contributed by atoms with van der Waals surface area (Å²) in [5, 5.41) is 5.44. The number of hydrogen-bond acceptors (Lipinski definition) is 6. The van der Waals surface area contributed by atoms with Gasteiger partial charge in [-0.3, -0.25) is 4.68 Å². The maximum atomic E-state index is 6.47. The number of anilines is 1.